The summed E-state index contributed by atoms with van der Waals surface area (Å²) in [6, 6.07) is 21.3. The van der Waals surface area contributed by atoms with Crippen molar-refractivity contribution in [3.05, 3.63) is 66.9 Å². The molecular formula is C22H22N4. The van der Waals surface area contributed by atoms with Gasteiger partial charge in [-0.15, -0.1) is 0 Å². The van der Waals surface area contributed by atoms with Crippen LogP contribution in [0.1, 0.15) is 0 Å². The number of aromatic nitrogens is 2. The average molecular weight is 342 g/mol. The Morgan fingerprint density at radius 2 is 1.54 bits per heavy atom. The van der Waals surface area contributed by atoms with Crippen LogP contribution in [0.25, 0.3) is 27.7 Å². The normalized spacial score (nSPS) is 15.8. The second-order valence-corrected chi connectivity index (χ2v) is 7.06. The van der Waals surface area contributed by atoms with Crippen molar-refractivity contribution in [1.82, 2.24) is 14.3 Å². The largest absolute Gasteiger partial charge is 0.352 e. The van der Waals surface area contributed by atoms with Gasteiger partial charge in [-0.1, -0.05) is 48.5 Å². The van der Waals surface area contributed by atoms with E-state index in [1.54, 1.807) is 0 Å². The lowest BCUT2D eigenvalue weighted by Crippen LogP contribution is -2.45. The zero-order valence-corrected chi connectivity index (χ0v) is 15.0. The first-order valence-corrected chi connectivity index (χ1v) is 9.19. The molecule has 0 atom stereocenters. The quantitative estimate of drug-likeness (QED) is 0.552. The lowest BCUT2D eigenvalue weighted by atomic mass is 10.1. The van der Waals surface area contributed by atoms with E-state index >= 15 is 0 Å². The molecule has 130 valence electrons. The third-order valence-electron chi connectivity index (χ3n) is 5.33. The number of likely N-dealkylation sites (N-methyl/N-ethyl adjacent to an activating group) is 1. The number of benzene rings is 2. The van der Waals surface area contributed by atoms with E-state index in [2.05, 4.69) is 88.1 Å². The van der Waals surface area contributed by atoms with Gasteiger partial charge >= 0.3 is 0 Å². The van der Waals surface area contributed by atoms with Crippen LogP contribution in [0, 0.1) is 0 Å². The average Bonchev–Trinajstić information content (AvgIpc) is 3.07. The van der Waals surface area contributed by atoms with Crippen LogP contribution in [0.5, 0.6) is 0 Å². The topological polar surface area (TPSA) is 23.8 Å². The van der Waals surface area contributed by atoms with Crippen LogP contribution in [-0.2, 0) is 0 Å². The maximum atomic E-state index is 5.10. The van der Waals surface area contributed by atoms with Gasteiger partial charge in [0.2, 0.25) is 0 Å². The molecule has 2 aromatic carbocycles. The smallest absolute Gasteiger partial charge is 0.153 e. The predicted molar refractivity (Wildman–Crippen MR) is 108 cm³/mol. The van der Waals surface area contributed by atoms with Gasteiger partial charge in [0, 0.05) is 43.3 Å². The van der Waals surface area contributed by atoms with Crippen LogP contribution in [-0.4, -0.2) is 47.5 Å². The monoisotopic (exact) mass is 342 g/mol. The van der Waals surface area contributed by atoms with Crippen molar-refractivity contribution in [2.24, 2.45) is 0 Å². The van der Waals surface area contributed by atoms with E-state index < -0.39 is 0 Å². The molecule has 0 saturated carbocycles. The maximum Gasteiger partial charge on any atom is 0.153 e. The molecule has 4 heteroatoms. The van der Waals surface area contributed by atoms with E-state index in [4.69, 9.17) is 4.98 Å². The number of rotatable bonds is 2. The van der Waals surface area contributed by atoms with Crippen molar-refractivity contribution >= 4 is 22.2 Å². The molecule has 0 aliphatic carbocycles. The first-order chi connectivity index (χ1) is 12.8. The third kappa shape index (κ3) is 2.54. The Bertz CT molecular complexity index is 1060. The summed E-state index contributed by atoms with van der Waals surface area (Å²) in [5.41, 5.74) is 4.60. The van der Waals surface area contributed by atoms with Gasteiger partial charge in [-0.3, -0.25) is 0 Å². The molecule has 0 unspecified atom stereocenters. The van der Waals surface area contributed by atoms with Gasteiger partial charge in [-0.05, 0) is 19.2 Å². The molecule has 0 amide bonds. The fraction of sp³-hybridized carbons (Fsp3) is 0.227. The van der Waals surface area contributed by atoms with Gasteiger partial charge in [-0.25, -0.2) is 4.98 Å². The molecule has 4 aromatic rings. The molecule has 26 heavy (non-hydrogen) atoms. The molecule has 0 spiro atoms. The second kappa shape index (κ2) is 6.15. The number of hydrogen-bond acceptors (Lipinski definition) is 3. The van der Waals surface area contributed by atoms with E-state index in [1.165, 1.54) is 16.4 Å². The van der Waals surface area contributed by atoms with Gasteiger partial charge in [0.15, 0.2) is 5.82 Å². The third-order valence-corrected chi connectivity index (χ3v) is 5.33. The molecule has 1 fully saturated rings. The molecule has 2 aromatic heterocycles. The van der Waals surface area contributed by atoms with Crippen molar-refractivity contribution in [2.45, 2.75) is 0 Å². The summed E-state index contributed by atoms with van der Waals surface area (Å²) in [5.74, 6) is 1.09. The molecule has 0 bridgehead atoms. The Balaban J connectivity index is 1.75. The van der Waals surface area contributed by atoms with Crippen LogP contribution < -0.4 is 4.90 Å². The molecule has 1 aliphatic heterocycles. The molecule has 5 rings (SSSR count). The molecule has 1 aliphatic rings. The molecule has 4 nitrogen and oxygen atoms in total. The number of hydrogen-bond donors (Lipinski definition) is 0. The van der Waals surface area contributed by atoms with Crippen LogP contribution in [0.3, 0.4) is 0 Å². The van der Waals surface area contributed by atoms with Crippen LogP contribution in [0.2, 0.25) is 0 Å². The van der Waals surface area contributed by atoms with Gasteiger partial charge in [-0.2, -0.15) is 0 Å². The van der Waals surface area contributed by atoms with Gasteiger partial charge in [0.05, 0.1) is 16.7 Å². The number of piperazine rings is 1. The molecule has 0 N–H and O–H groups in total. The Morgan fingerprint density at radius 1 is 0.808 bits per heavy atom. The standard InChI is InChI=1S/C22H22N4/c1-24-11-13-25(14-12-24)22-21-15-18-9-5-6-10-20(18)26(21)16-19(23-22)17-7-3-2-4-8-17/h2-10,15-16H,11-14H2,1H3. The predicted octanol–water partition coefficient (Wildman–Crippen LogP) is 3.91. The fourth-order valence-electron chi connectivity index (χ4n) is 3.81. The van der Waals surface area contributed by atoms with Crippen molar-refractivity contribution in [3.63, 3.8) is 0 Å². The first kappa shape index (κ1) is 15.4. The van der Waals surface area contributed by atoms with Crippen LogP contribution in [0.15, 0.2) is 66.9 Å². The summed E-state index contributed by atoms with van der Waals surface area (Å²) in [5, 5.41) is 1.26. The van der Waals surface area contributed by atoms with Gasteiger partial charge < -0.3 is 14.2 Å². The van der Waals surface area contributed by atoms with Gasteiger partial charge in [0.25, 0.3) is 0 Å². The fourth-order valence-corrected chi connectivity index (χ4v) is 3.81. The van der Waals surface area contributed by atoms with Crippen LogP contribution in [0.4, 0.5) is 5.82 Å². The number of fused-ring (bicyclic) bond motifs is 3. The first-order valence-electron chi connectivity index (χ1n) is 9.19. The van der Waals surface area contributed by atoms with Crippen molar-refractivity contribution in [3.8, 4) is 11.3 Å². The summed E-state index contributed by atoms with van der Waals surface area (Å²) in [6.07, 6.45) is 2.17. The lowest BCUT2D eigenvalue weighted by molar-refractivity contribution is 0.312. The maximum absolute atomic E-state index is 5.10. The lowest BCUT2D eigenvalue weighted by Gasteiger charge is -2.33. The summed E-state index contributed by atoms with van der Waals surface area (Å²) in [7, 11) is 2.19. The zero-order chi connectivity index (χ0) is 17.5. The minimum absolute atomic E-state index is 1.01. The van der Waals surface area contributed by atoms with E-state index in [1.807, 2.05) is 0 Å². The Hall–Kier alpha value is -2.85. The van der Waals surface area contributed by atoms with E-state index in [0.29, 0.717) is 0 Å². The van der Waals surface area contributed by atoms with E-state index in [-0.39, 0.29) is 0 Å². The summed E-state index contributed by atoms with van der Waals surface area (Å²) in [6.45, 7) is 4.17. The van der Waals surface area contributed by atoms with Crippen molar-refractivity contribution < 1.29 is 0 Å². The van der Waals surface area contributed by atoms with E-state index in [9.17, 15) is 0 Å². The second-order valence-electron chi connectivity index (χ2n) is 7.06. The minimum Gasteiger partial charge on any atom is -0.352 e. The summed E-state index contributed by atoms with van der Waals surface area (Å²) >= 11 is 0. The molecule has 0 radical (unpaired) electrons. The molecule has 3 heterocycles. The summed E-state index contributed by atoms with van der Waals surface area (Å²) < 4.78 is 2.30. The Morgan fingerprint density at radius 3 is 2.35 bits per heavy atom. The van der Waals surface area contributed by atoms with Crippen molar-refractivity contribution in [2.75, 3.05) is 38.1 Å². The minimum atomic E-state index is 1.01. The van der Waals surface area contributed by atoms with Gasteiger partial charge in [0.1, 0.15) is 0 Å². The highest BCUT2D eigenvalue weighted by atomic mass is 15.3. The highest BCUT2D eigenvalue weighted by Crippen LogP contribution is 2.30. The highest BCUT2D eigenvalue weighted by molar-refractivity contribution is 5.92. The molecule has 1 saturated heterocycles. The molecular weight excluding hydrogens is 320 g/mol. The number of anilines is 1. The summed E-state index contributed by atoms with van der Waals surface area (Å²) in [4.78, 5) is 9.91. The number of para-hydroxylation sites is 1. The Labute approximate surface area is 153 Å². The Kier molecular flexibility index (Phi) is 3.64. The zero-order valence-electron chi connectivity index (χ0n) is 15.0. The number of nitrogens with zero attached hydrogens (tertiary/aromatic N) is 4. The van der Waals surface area contributed by atoms with Crippen molar-refractivity contribution in [1.29, 1.82) is 0 Å². The SMILES string of the molecule is CN1CCN(c2nc(-c3ccccc3)cn3c2cc2ccccc23)CC1. The van der Waals surface area contributed by atoms with E-state index in [0.717, 1.165) is 43.3 Å². The highest BCUT2D eigenvalue weighted by Gasteiger charge is 2.20. The van der Waals surface area contributed by atoms with Crippen LogP contribution >= 0.6 is 0 Å².